The van der Waals surface area contributed by atoms with E-state index < -0.39 is 0 Å². The van der Waals surface area contributed by atoms with Crippen LogP contribution in [-0.2, 0) is 0 Å². The summed E-state index contributed by atoms with van der Waals surface area (Å²) in [5.41, 5.74) is 1.78. The predicted octanol–water partition coefficient (Wildman–Crippen LogP) is 2.76. The third-order valence-corrected chi connectivity index (χ3v) is 3.26. The Bertz CT molecular complexity index is 328. The van der Waals surface area contributed by atoms with E-state index in [9.17, 15) is 0 Å². The largest absolute Gasteiger partial charge is 0.192 e. The smallest absolute Gasteiger partial charge is 0.100 e. The lowest BCUT2D eigenvalue weighted by Crippen LogP contribution is -1.85. The van der Waals surface area contributed by atoms with Gasteiger partial charge in [-0.2, -0.15) is 5.26 Å². The first-order valence-electron chi connectivity index (χ1n) is 3.04. The first-order chi connectivity index (χ1) is 5.15. The highest BCUT2D eigenvalue weighted by Gasteiger charge is 2.02. The molecule has 11 heavy (non-hydrogen) atoms. The van der Waals surface area contributed by atoms with E-state index in [1.54, 1.807) is 0 Å². The Morgan fingerprint density at radius 1 is 1.55 bits per heavy atom. The van der Waals surface area contributed by atoms with Gasteiger partial charge in [0.1, 0.15) is 6.07 Å². The molecule has 1 nitrogen and oxygen atoms in total. The van der Waals surface area contributed by atoms with E-state index in [1.165, 1.54) is 0 Å². The van der Waals surface area contributed by atoms with Gasteiger partial charge in [0, 0.05) is 8.47 Å². The van der Waals surface area contributed by atoms with Crippen LogP contribution in [0.2, 0.25) is 0 Å². The molecule has 0 heterocycles. The lowest BCUT2D eigenvalue weighted by molar-refractivity contribution is 1.30. The first-order valence-corrected chi connectivity index (χ1v) is 4.57. The second-order valence-corrected chi connectivity index (χ2v) is 3.82. The molecule has 0 bridgehead atoms. The molecule has 0 radical (unpaired) electrons. The van der Waals surface area contributed by atoms with Crippen molar-refractivity contribution in [2.75, 3.05) is 0 Å². The van der Waals surface area contributed by atoms with Gasteiger partial charge in [0.15, 0.2) is 0 Å². The molecule has 0 unspecified atom stereocenters. The van der Waals surface area contributed by atoms with Gasteiger partial charge in [-0.15, -0.1) is 12.6 Å². The normalized spacial score (nSPS) is 9.27. The molecule has 0 spiro atoms. The molecule has 1 aromatic carbocycles. The zero-order valence-electron chi connectivity index (χ0n) is 5.93. The number of rotatable bonds is 0. The van der Waals surface area contributed by atoms with Gasteiger partial charge in [0.25, 0.3) is 0 Å². The molecule has 0 N–H and O–H groups in total. The predicted molar refractivity (Wildman–Crippen MR) is 55.9 cm³/mol. The number of hydrogen-bond donors (Lipinski definition) is 1. The van der Waals surface area contributed by atoms with Gasteiger partial charge in [-0.1, -0.05) is 0 Å². The Balaban J connectivity index is 3.39. The zero-order valence-corrected chi connectivity index (χ0v) is 8.98. The van der Waals surface area contributed by atoms with Crippen molar-refractivity contribution in [1.29, 1.82) is 5.26 Å². The third kappa shape index (κ3) is 1.88. The zero-order chi connectivity index (χ0) is 8.43. The number of hydrogen-bond acceptors (Lipinski definition) is 2. The van der Waals surface area contributed by atoms with Crippen molar-refractivity contribution in [2.45, 2.75) is 11.8 Å². The molecule has 0 aliphatic heterocycles. The Labute approximate surface area is 85.0 Å². The number of benzene rings is 1. The van der Waals surface area contributed by atoms with E-state index in [2.05, 4.69) is 41.3 Å². The van der Waals surface area contributed by atoms with Crippen LogP contribution in [0.1, 0.15) is 11.1 Å². The van der Waals surface area contributed by atoms with E-state index in [1.807, 2.05) is 19.1 Å². The van der Waals surface area contributed by atoms with Crippen LogP contribution in [0.3, 0.4) is 0 Å². The molecular weight excluding hydrogens is 269 g/mol. The molecule has 0 aliphatic carbocycles. The average Bonchev–Trinajstić information content (AvgIpc) is 1.96. The van der Waals surface area contributed by atoms with E-state index in [-0.39, 0.29) is 0 Å². The highest BCUT2D eigenvalue weighted by atomic mass is 127. The number of nitriles is 1. The van der Waals surface area contributed by atoms with Crippen molar-refractivity contribution < 1.29 is 0 Å². The molecule has 0 atom stereocenters. The standard InChI is InChI=1S/C8H6INS/c1-5-2-6(4-10)8(9)7(11)3-5/h2-3,11H,1H3. The van der Waals surface area contributed by atoms with Crippen molar-refractivity contribution in [2.24, 2.45) is 0 Å². The van der Waals surface area contributed by atoms with E-state index in [0.717, 1.165) is 14.0 Å². The monoisotopic (exact) mass is 275 g/mol. The lowest BCUT2D eigenvalue weighted by Gasteiger charge is -2.00. The second kappa shape index (κ2) is 3.46. The van der Waals surface area contributed by atoms with Gasteiger partial charge in [-0.3, -0.25) is 0 Å². The molecule has 56 valence electrons. The van der Waals surface area contributed by atoms with Crippen molar-refractivity contribution in [3.63, 3.8) is 0 Å². The molecule has 1 aromatic rings. The fraction of sp³-hybridized carbons (Fsp3) is 0.125. The highest BCUT2D eigenvalue weighted by molar-refractivity contribution is 14.1. The molecule has 0 aliphatic rings. The minimum Gasteiger partial charge on any atom is -0.192 e. The van der Waals surface area contributed by atoms with Crippen LogP contribution in [0.4, 0.5) is 0 Å². The number of nitrogens with zero attached hydrogens (tertiary/aromatic N) is 1. The molecule has 0 aromatic heterocycles. The topological polar surface area (TPSA) is 23.8 Å². The maximum atomic E-state index is 8.68. The van der Waals surface area contributed by atoms with E-state index >= 15 is 0 Å². The van der Waals surface area contributed by atoms with E-state index in [0.29, 0.717) is 5.56 Å². The molecular formula is C8H6INS. The number of aryl methyl sites for hydroxylation is 1. The van der Waals surface area contributed by atoms with Gasteiger partial charge in [-0.25, -0.2) is 0 Å². The van der Waals surface area contributed by atoms with Gasteiger partial charge in [0.05, 0.1) is 5.56 Å². The van der Waals surface area contributed by atoms with Crippen molar-refractivity contribution >= 4 is 35.2 Å². The molecule has 0 saturated carbocycles. The molecule has 3 heteroatoms. The van der Waals surface area contributed by atoms with Crippen LogP contribution in [-0.4, -0.2) is 0 Å². The van der Waals surface area contributed by atoms with Crippen molar-refractivity contribution in [1.82, 2.24) is 0 Å². The van der Waals surface area contributed by atoms with Gasteiger partial charge < -0.3 is 0 Å². The summed E-state index contributed by atoms with van der Waals surface area (Å²) in [6.07, 6.45) is 0. The maximum absolute atomic E-state index is 8.68. The molecule has 0 amide bonds. The minimum absolute atomic E-state index is 0.704. The van der Waals surface area contributed by atoms with Crippen LogP contribution in [0, 0.1) is 21.8 Å². The Morgan fingerprint density at radius 2 is 2.18 bits per heavy atom. The Kier molecular flexibility index (Phi) is 2.79. The summed E-state index contributed by atoms with van der Waals surface area (Å²) < 4.78 is 0.930. The van der Waals surface area contributed by atoms with E-state index in [4.69, 9.17) is 5.26 Å². The maximum Gasteiger partial charge on any atom is 0.100 e. The fourth-order valence-electron chi connectivity index (χ4n) is 0.831. The Morgan fingerprint density at radius 3 is 2.73 bits per heavy atom. The summed E-state index contributed by atoms with van der Waals surface area (Å²) in [5, 5.41) is 8.68. The summed E-state index contributed by atoms with van der Waals surface area (Å²) in [6, 6.07) is 5.93. The van der Waals surface area contributed by atoms with Crippen LogP contribution >= 0.6 is 35.2 Å². The summed E-state index contributed by atoms with van der Waals surface area (Å²) in [4.78, 5) is 0.877. The summed E-state index contributed by atoms with van der Waals surface area (Å²) >= 11 is 6.36. The summed E-state index contributed by atoms with van der Waals surface area (Å²) in [7, 11) is 0. The molecule has 0 saturated heterocycles. The van der Waals surface area contributed by atoms with Crippen molar-refractivity contribution in [3.8, 4) is 6.07 Å². The lowest BCUT2D eigenvalue weighted by atomic mass is 10.2. The number of thiol groups is 1. The second-order valence-electron chi connectivity index (χ2n) is 2.26. The first kappa shape index (κ1) is 8.88. The third-order valence-electron chi connectivity index (χ3n) is 1.32. The summed E-state index contributed by atoms with van der Waals surface area (Å²) in [6.45, 7) is 1.96. The highest BCUT2D eigenvalue weighted by Crippen LogP contribution is 2.21. The average molecular weight is 275 g/mol. The van der Waals surface area contributed by atoms with Gasteiger partial charge in [0.2, 0.25) is 0 Å². The minimum atomic E-state index is 0.704. The van der Waals surface area contributed by atoms with Crippen molar-refractivity contribution in [3.05, 3.63) is 26.8 Å². The van der Waals surface area contributed by atoms with Crippen LogP contribution < -0.4 is 0 Å². The number of halogens is 1. The van der Waals surface area contributed by atoms with Gasteiger partial charge >= 0.3 is 0 Å². The van der Waals surface area contributed by atoms with Gasteiger partial charge in [-0.05, 0) is 47.2 Å². The van der Waals surface area contributed by atoms with Crippen LogP contribution in [0.25, 0.3) is 0 Å². The SMILES string of the molecule is Cc1cc(S)c(I)c(C#N)c1. The Hall–Kier alpha value is -0.210. The summed E-state index contributed by atoms with van der Waals surface area (Å²) in [5.74, 6) is 0. The molecule has 0 fully saturated rings. The van der Waals surface area contributed by atoms with Crippen LogP contribution in [0.15, 0.2) is 17.0 Å². The fourth-order valence-corrected chi connectivity index (χ4v) is 1.59. The quantitative estimate of drug-likeness (QED) is 0.571. The van der Waals surface area contributed by atoms with Crippen LogP contribution in [0.5, 0.6) is 0 Å². The molecule has 1 rings (SSSR count).